The third-order valence-electron chi connectivity index (χ3n) is 1.08. The number of nitrogens with two attached hydrogens (primary N) is 1. The van der Waals surface area contributed by atoms with E-state index in [1.807, 2.05) is 20.8 Å². The number of hydrogen-bond donors (Lipinski definition) is 2. The number of nitrogen functional groups attached to an aromatic ring is 1. The Balaban J connectivity index is 0.000000461. The first kappa shape index (κ1) is 9.75. The average molecular weight is 154 g/mol. The summed E-state index contributed by atoms with van der Waals surface area (Å²) in [6.07, 6.45) is 1.62. The van der Waals surface area contributed by atoms with E-state index in [1.54, 1.807) is 12.3 Å². The number of aryl methyl sites for hydroxylation is 1. The van der Waals surface area contributed by atoms with Gasteiger partial charge in [-0.2, -0.15) is 0 Å². The van der Waals surface area contributed by atoms with Gasteiger partial charge in [-0.05, 0) is 18.6 Å². The van der Waals surface area contributed by atoms with E-state index in [0.29, 0.717) is 0 Å². The van der Waals surface area contributed by atoms with Crippen molar-refractivity contribution in [3.05, 3.63) is 28.2 Å². The van der Waals surface area contributed by atoms with Crippen LogP contribution >= 0.6 is 0 Å². The number of aromatic nitrogens is 1. The largest absolute Gasteiger partial charge is 0.394 e. The highest BCUT2D eigenvalue weighted by Crippen LogP contribution is 1.94. The van der Waals surface area contributed by atoms with Crippen molar-refractivity contribution in [1.29, 1.82) is 0 Å². The molecular weight excluding hydrogens is 140 g/mol. The van der Waals surface area contributed by atoms with Crippen molar-refractivity contribution in [2.24, 2.45) is 0 Å². The molecule has 0 aliphatic carbocycles. The molecule has 1 rings (SSSR count). The molecule has 0 unspecified atom stereocenters. The predicted molar refractivity (Wildman–Crippen MR) is 47.6 cm³/mol. The topological polar surface area (TPSA) is 58.9 Å². The molecule has 0 atom stereocenters. The van der Waals surface area contributed by atoms with E-state index in [-0.39, 0.29) is 11.2 Å². The SMILES string of the molecule is CC.Cc1c[nH]c(=O)c(N)c1. The number of pyridine rings is 1. The predicted octanol–water partition coefficient (Wildman–Crippen LogP) is 1.29. The summed E-state index contributed by atoms with van der Waals surface area (Å²) in [4.78, 5) is 13.1. The van der Waals surface area contributed by atoms with Crippen molar-refractivity contribution in [3.8, 4) is 0 Å². The Morgan fingerprint density at radius 1 is 1.45 bits per heavy atom. The summed E-state index contributed by atoms with van der Waals surface area (Å²) >= 11 is 0. The lowest BCUT2D eigenvalue weighted by molar-refractivity contribution is 1.21. The third kappa shape index (κ3) is 2.89. The number of anilines is 1. The standard InChI is InChI=1S/C6H8N2O.C2H6/c1-4-2-5(7)6(9)8-3-4;1-2/h2-3H,7H2,1H3,(H,8,9);1-2H3. The van der Waals surface area contributed by atoms with Crippen LogP contribution in [0.25, 0.3) is 0 Å². The van der Waals surface area contributed by atoms with Crippen LogP contribution in [0.1, 0.15) is 19.4 Å². The van der Waals surface area contributed by atoms with Gasteiger partial charge < -0.3 is 10.7 Å². The summed E-state index contributed by atoms with van der Waals surface area (Å²) in [6.45, 7) is 5.87. The lowest BCUT2D eigenvalue weighted by Crippen LogP contribution is -2.10. The molecule has 3 heteroatoms. The number of hydrogen-bond acceptors (Lipinski definition) is 2. The Hall–Kier alpha value is -1.25. The summed E-state index contributed by atoms with van der Waals surface area (Å²) in [6, 6.07) is 1.64. The monoisotopic (exact) mass is 154 g/mol. The second-order valence-electron chi connectivity index (χ2n) is 1.96. The highest BCUT2D eigenvalue weighted by Gasteiger charge is 1.90. The van der Waals surface area contributed by atoms with E-state index in [4.69, 9.17) is 5.73 Å². The molecule has 1 heterocycles. The lowest BCUT2D eigenvalue weighted by Gasteiger charge is -1.91. The Morgan fingerprint density at radius 2 is 2.00 bits per heavy atom. The van der Waals surface area contributed by atoms with Crippen LogP contribution in [0, 0.1) is 6.92 Å². The fraction of sp³-hybridized carbons (Fsp3) is 0.375. The van der Waals surface area contributed by atoms with Crippen molar-refractivity contribution in [1.82, 2.24) is 4.98 Å². The first-order valence-corrected chi connectivity index (χ1v) is 3.65. The quantitative estimate of drug-likeness (QED) is 0.591. The number of aromatic amines is 1. The molecule has 3 N–H and O–H groups in total. The summed E-state index contributed by atoms with van der Waals surface area (Å²) < 4.78 is 0. The smallest absolute Gasteiger partial charge is 0.271 e. The van der Waals surface area contributed by atoms with Gasteiger partial charge in [0.1, 0.15) is 0 Å². The minimum absolute atomic E-state index is 0.222. The molecule has 0 fully saturated rings. The van der Waals surface area contributed by atoms with E-state index in [0.717, 1.165) is 5.56 Å². The Morgan fingerprint density at radius 3 is 2.36 bits per heavy atom. The molecule has 0 aliphatic rings. The molecule has 62 valence electrons. The fourth-order valence-electron chi connectivity index (χ4n) is 0.615. The van der Waals surface area contributed by atoms with E-state index >= 15 is 0 Å². The zero-order valence-electron chi connectivity index (χ0n) is 7.14. The van der Waals surface area contributed by atoms with Crippen LogP contribution in [-0.2, 0) is 0 Å². The van der Waals surface area contributed by atoms with Crippen LogP contribution in [0.5, 0.6) is 0 Å². The van der Waals surface area contributed by atoms with Crippen molar-refractivity contribution >= 4 is 5.69 Å². The molecule has 1 aromatic heterocycles. The highest BCUT2D eigenvalue weighted by molar-refractivity contribution is 5.36. The van der Waals surface area contributed by atoms with Crippen LogP contribution in [0.15, 0.2) is 17.1 Å². The molecule has 0 saturated carbocycles. The van der Waals surface area contributed by atoms with Gasteiger partial charge in [0, 0.05) is 6.20 Å². The number of H-pyrrole nitrogens is 1. The van der Waals surface area contributed by atoms with Crippen LogP contribution in [0.2, 0.25) is 0 Å². The van der Waals surface area contributed by atoms with Gasteiger partial charge in [0.05, 0.1) is 5.69 Å². The summed E-state index contributed by atoms with van der Waals surface area (Å²) in [5.74, 6) is 0. The zero-order chi connectivity index (χ0) is 8.85. The maximum atomic E-state index is 10.6. The summed E-state index contributed by atoms with van der Waals surface area (Å²) in [5, 5.41) is 0. The lowest BCUT2D eigenvalue weighted by atomic mass is 10.3. The molecule has 0 amide bonds. The molecule has 3 nitrogen and oxygen atoms in total. The zero-order valence-corrected chi connectivity index (χ0v) is 7.14. The summed E-state index contributed by atoms with van der Waals surface area (Å²) in [7, 11) is 0. The molecule has 1 aromatic rings. The first-order valence-electron chi connectivity index (χ1n) is 3.65. The number of rotatable bonds is 0. The van der Waals surface area contributed by atoms with Gasteiger partial charge in [-0.1, -0.05) is 13.8 Å². The molecule has 0 bridgehead atoms. The van der Waals surface area contributed by atoms with Crippen LogP contribution in [0.4, 0.5) is 5.69 Å². The Kier molecular flexibility index (Phi) is 4.03. The van der Waals surface area contributed by atoms with Gasteiger partial charge in [-0.15, -0.1) is 0 Å². The maximum absolute atomic E-state index is 10.6. The second-order valence-corrected chi connectivity index (χ2v) is 1.96. The van der Waals surface area contributed by atoms with Crippen molar-refractivity contribution in [2.75, 3.05) is 5.73 Å². The van der Waals surface area contributed by atoms with Crippen LogP contribution in [-0.4, -0.2) is 4.98 Å². The van der Waals surface area contributed by atoms with Gasteiger partial charge in [0.25, 0.3) is 5.56 Å². The molecular formula is C8H14N2O. The van der Waals surface area contributed by atoms with Crippen molar-refractivity contribution < 1.29 is 0 Å². The average Bonchev–Trinajstić information content (AvgIpc) is 2.02. The number of nitrogens with one attached hydrogen (secondary N) is 1. The van der Waals surface area contributed by atoms with Gasteiger partial charge in [0.2, 0.25) is 0 Å². The van der Waals surface area contributed by atoms with E-state index in [9.17, 15) is 4.79 Å². The Labute approximate surface area is 66.3 Å². The molecule has 0 aliphatic heterocycles. The van der Waals surface area contributed by atoms with Gasteiger partial charge in [0.15, 0.2) is 0 Å². The van der Waals surface area contributed by atoms with Crippen molar-refractivity contribution in [2.45, 2.75) is 20.8 Å². The normalized spacial score (nSPS) is 8.27. The molecule has 0 spiro atoms. The Bertz CT molecular complexity index is 265. The van der Waals surface area contributed by atoms with Crippen molar-refractivity contribution in [3.63, 3.8) is 0 Å². The third-order valence-corrected chi connectivity index (χ3v) is 1.08. The minimum atomic E-state index is -0.222. The van der Waals surface area contributed by atoms with Gasteiger partial charge in [-0.3, -0.25) is 4.79 Å². The fourth-order valence-corrected chi connectivity index (χ4v) is 0.615. The van der Waals surface area contributed by atoms with E-state index in [2.05, 4.69) is 4.98 Å². The molecule has 0 radical (unpaired) electrons. The second kappa shape index (κ2) is 4.55. The maximum Gasteiger partial charge on any atom is 0.271 e. The molecule has 0 saturated heterocycles. The van der Waals surface area contributed by atoms with Gasteiger partial charge >= 0.3 is 0 Å². The minimum Gasteiger partial charge on any atom is -0.394 e. The summed E-state index contributed by atoms with van der Waals surface area (Å²) in [5.41, 5.74) is 6.29. The molecule has 0 aromatic carbocycles. The van der Waals surface area contributed by atoms with E-state index < -0.39 is 0 Å². The first-order chi connectivity index (χ1) is 5.20. The van der Waals surface area contributed by atoms with Crippen LogP contribution in [0.3, 0.4) is 0 Å². The molecule has 11 heavy (non-hydrogen) atoms. The van der Waals surface area contributed by atoms with E-state index in [1.165, 1.54) is 0 Å². The van der Waals surface area contributed by atoms with Crippen LogP contribution < -0.4 is 11.3 Å². The highest BCUT2D eigenvalue weighted by atomic mass is 16.1. The van der Waals surface area contributed by atoms with Gasteiger partial charge in [-0.25, -0.2) is 0 Å².